The minimum Gasteiger partial charge on any atom is -0.390 e. The first kappa shape index (κ1) is 23.1. The van der Waals surface area contributed by atoms with Gasteiger partial charge in [0.2, 0.25) is 0 Å². The van der Waals surface area contributed by atoms with Crippen LogP contribution in [-0.4, -0.2) is 46.1 Å². The van der Waals surface area contributed by atoms with Crippen LogP contribution in [0.1, 0.15) is 71.6 Å². The molecule has 35 heavy (non-hydrogen) atoms. The Morgan fingerprint density at radius 3 is 2.63 bits per heavy atom. The maximum absolute atomic E-state index is 13.6. The lowest BCUT2D eigenvalue weighted by molar-refractivity contribution is -0.133. The van der Waals surface area contributed by atoms with Crippen molar-refractivity contribution >= 4 is 5.78 Å². The van der Waals surface area contributed by atoms with Crippen molar-refractivity contribution < 1.29 is 9.90 Å². The van der Waals surface area contributed by atoms with E-state index in [4.69, 9.17) is 0 Å². The average Bonchev–Trinajstić information content (AvgIpc) is 3.49. The van der Waals surface area contributed by atoms with Gasteiger partial charge in [-0.25, -0.2) is 4.79 Å². The highest BCUT2D eigenvalue weighted by molar-refractivity contribution is 5.82. The molecule has 2 aromatic rings. The van der Waals surface area contributed by atoms with Crippen LogP contribution < -0.4 is 5.69 Å². The highest BCUT2D eigenvalue weighted by Crippen LogP contribution is 2.64. The largest absolute Gasteiger partial charge is 0.390 e. The fraction of sp³-hybridized carbons (Fsp3) is 0.808. The van der Waals surface area contributed by atoms with Crippen molar-refractivity contribution in [2.75, 3.05) is 0 Å². The Bertz CT molecular complexity index is 1180. The number of rotatable bonds is 4. The Morgan fingerprint density at radius 1 is 1.06 bits per heavy atom. The van der Waals surface area contributed by atoms with Gasteiger partial charge < -0.3 is 5.11 Å². The third kappa shape index (κ3) is 3.64. The standard InChI is InChI=1S/C26H38N6O3/c1-25(35)11-8-17-16(14-25)4-5-19-18(17)9-12-26(2)20(19)6-7-21(26)22(33)15-31-24(34)32(29-28-31)23-10-13-27-30(23)3/h10,13,16-21,35H,4-9,11-12,14-15H2,1-3H3/t16-,17+,18-,19-,20?,21-,25-,26+/m1/s1. The Labute approximate surface area is 205 Å². The topological polar surface area (TPSA) is 108 Å². The van der Waals surface area contributed by atoms with Crippen molar-refractivity contribution in [3.05, 3.63) is 22.7 Å². The summed E-state index contributed by atoms with van der Waals surface area (Å²) in [7, 11) is 1.74. The SMILES string of the molecule is Cn1nccc1-n1nnn(CC(=O)[C@H]2CCC3[C@@H]4CC[C@@H]5C[C@](C)(O)CC[C@@H]5[C@H]4CC[C@@]32C)c1=O. The molecule has 1 N–H and O–H groups in total. The van der Waals surface area contributed by atoms with Crippen LogP contribution in [-0.2, 0) is 18.4 Å². The van der Waals surface area contributed by atoms with Gasteiger partial charge in [0, 0.05) is 19.0 Å². The van der Waals surface area contributed by atoms with Crippen LogP contribution in [0.5, 0.6) is 0 Å². The molecule has 0 saturated heterocycles. The van der Waals surface area contributed by atoms with E-state index >= 15 is 0 Å². The van der Waals surface area contributed by atoms with Gasteiger partial charge in [0.1, 0.15) is 6.54 Å². The minimum atomic E-state index is -0.487. The molecule has 4 fully saturated rings. The number of aryl methyl sites for hydroxylation is 1. The van der Waals surface area contributed by atoms with Crippen LogP contribution in [0.2, 0.25) is 0 Å². The highest BCUT2D eigenvalue weighted by atomic mass is 16.3. The predicted octanol–water partition coefficient (Wildman–Crippen LogP) is 2.75. The second kappa shape index (κ2) is 8.11. The van der Waals surface area contributed by atoms with Gasteiger partial charge in [-0.2, -0.15) is 9.78 Å². The van der Waals surface area contributed by atoms with Gasteiger partial charge in [0.15, 0.2) is 11.6 Å². The summed E-state index contributed by atoms with van der Waals surface area (Å²) in [5.74, 6) is 4.07. The molecule has 4 saturated carbocycles. The maximum Gasteiger partial charge on any atom is 0.370 e. The van der Waals surface area contributed by atoms with Crippen molar-refractivity contribution in [1.82, 2.24) is 29.6 Å². The van der Waals surface area contributed by atoms with Gasteiger partial charge in [0.25, 0.3) is 0 Å². The first-order valence-electron chi connectivity index (χ1n) is 13.4. The van der Waals surface area contributed by atoms with Gasteiger partial charge >= 0.3 is 5.69 Å². The fourth-order valence-electron chi connectivity index (χ4n) is 8.96. The number of carbonyl (C=O) groups is 1. The Morgan fingerprint density at radius 2 is 1.86 bits per heavy atom. The van der Waals surface area contributed by atoms with Crippen LogP contribution in [0.4, 0.5) is 0 Å². The highest BCUT2D eigenvalue weighted by Gasteiger charge is 2.58. The van der Waals surface area contributed by atoms with E-state index in [1.807, 2.05) is 6.92 Å². The molecule has 0 aliphatic heterocycles. The summed E-state index contributed by atoms with van der Waals surface area (Å²) in [6, 6.07) is 1.70. The van der Waals surface area contributed by atoms with Crippen molar-refractivity contribution in [2.45, 2.75) is 83.8 Å². The molecule has 1 unspecified atom stereocenters. The minimum absolute atomic E-state index is 0.00683. The fourth-order valence-corrected chi connectivity index (χ4v) is 8.96. The number of hydrogen-bond acceptors (Lipinski definition) is 6. The maximum atomic E-state index is 13.6. The molecule has 8 atom stereocenters. The van der Waals surface area contributed by atoms with Gasteiger partial charge in [-0.05, 0) is 110 Å². The number of tetrazole rings is 1. The van der Waals surface area contributed by atoms with Crippen molar-refractivity contribution in [3.63, 3.8) is 0 Å². The number of ketones is 1. The van der Waals surface area contributed by atoms with Crippen LogP contribution >= 0.6 is 0 Å². The summed E-state index contributed by atoms with van der Waals surface area (Å²) in [6.45, 7) is 4.34. The summed E-state index contributed by atoms with van der Waals surface area (Å²) in [5.41, 5.74) is -0.886. The Kier molecular flexibility index (Phi) is 5.36. The summed E-state index contributed by atoms with van der Waals surface area (Å²) in [6.07, 6.45) is 11.4. The van der Waals surface area contributed by atoms with Gasteiger partial charge in [-0.15, -0.1) is 4.68 Å². The lowest BCUT2D eigenvalue weighted by Gasteiger charge is -2.56. The quantitative estimate of drug-likeness (QED) is 0.718. The van der Waals surface area contributed by atoms with Crippen LogP contribution in [0.25, 0.3) is 5.82 Å². The van der Waals surface area contributed by atoms with E-state index < -0.39 is 11.3 Å². The summed E-state index contributed by atoms with van der Waals surface area (Å²) in [5, 5.41) is 22.7. The number of Topliss-reactive ketones (excluding diaryl/α,β-unsaturated/α-hetero) is 1. The molecule has 190 valence electrons. The molecule has 4 aliphatic carbocycles. The van der Waals surface area contributed by atoms with Crippen LogP contribution in [0.15, 0.2) is 17.1 Å². The second-order valence-electron chi connectivity index (χ2n) is 12.5. The average molecular weight is 483 g/mol. The Balaban J connectivity index is 1.18. The molecule has 2 aromatic heterocycles. The smallest absolute Gasteiger partial charge is 0.370 e. The van der Waals surface area contributed by atoms with Gasteiger partial charge in [0.05, 0.1) is 11.8 Å². The number of aliphatic hydroxyl groups is 1. The first-order chi connectivity index (χ1) is 16.7. The third-order valence-electron chi connectivity index (χ3n) is 10.6. The molecule has 0 radical (unpaired) electrons. The van der Waals surface area contributed by atoms with Crippen LogP contribution in [0.3, 0.4) is 0 Å². The van der Waals surface area contributed by atoms with E-state index in [9.17, 15) is 14.7 Å². The monoisotopic (exact) mass is 482 g/mol. The van der Waals surface area contributed by atoms with E-state index in [0.29, 0.717) is 23.6 Å². The zero-order chi connectivity index (χ0) is 24.5. The van der Waals surface area contributed by atoms with Crippen molar-refractivity contribution in [3.8, 4) is 5.82 Å². The van der Waals surface area contributed by atoms with Gasteiger partial charge in [-0.3, -0.25) is 9.48 Å². The summed E-state index contributed by atoms with van der Waals surface area (Å²) >= 11 is 0. The first-order valence-corrected chi connectivity index (χ1v) is 13.4. The van der Waals surface area contributed by atoms with E-state index in [0.717, 1.165) is 50.4 Å². The van der Waals surface area contributed by atoms with Crippen molar-refractivity contribution in [2.24, 2.45) is 48.0 Å². The summed E-state index contributed by atoms with van der Waals surface area (Å²) in [4.78, 5) is 26.5. The molecule has 0 bridgehead atoms. The number of fused-ring (bicyclic) bond motifs is 5. The Hall–Kier alpha value is -2.29. The van der Waals surface area contributed by atoms with Gasteiger partial charge in [-0.1, -0.05) is 6.92 Å². The third-order valence-corrected chi connectivity index (χ3v) is 10.6. The molecule has 2 heterocycles. The van der Waals surface area contributed by atoms with Crippen LogP contribution in [0, 0.1) is 40.9 Å². The molecule has 0 spiro atoms. The normalized spacial score (nSPS) is 40.7. The second-order valence-corrected chi connectivity index (χ2v) is 12.5. The number of carbonyl (C=O) groups excluding carboxylic acids is 1. The lowest BCUT2D eigenvalue weighted by Crippen LogP contribution is -2.51. The molecule has 0 aromatic carbocycles. The number of hydrogen-bond donors (Lipinski definition) is 1. The molecule has 9 heteroatoms. The molecule has 9 nitrogen and oxygen atoms in total. The molecule has 4 aliphatic rings. The predicted molar refractivity (Wildman–Crippen MR) is 129 cm³/mol. The number of aromatic nitrogens is 6. The molecular weight excluding hydrogens is 444 g/mol. The van der Waals surface area contributed by atoms with E-state index in [-0.39, 0.29) is 23.7 Å². The lowest BCUT2D eigenvalue weighted by atomic mass is 9.49. The molecular formula is C26H38N6O3. The zero-order valence-electron chi connectivity index (χ0n) is 21.1. The molecule has 6 rings (SSSR count). The summed E-state index contributed by atoms with van der Waals surface area (Å²) < 4.78 is 3.97. The number of nitrogens with zero attached hydrogens (tertiary/aromatic N) is 6. The zero-order valence-corrected chi connectivity index (χ0v) is 21.1. The van der Waals surface area contributed by atoms with Crippen molar-refractivity contribution in [1.29, 1.82) is 0 Å². The van der Waals surface area contributed by atoms with E-state index in [2.05, 4.69) is 22.4 Å². The van der Waals surface area contributed by atoms with E-state index in [1.54, 1.807) is 24.0 Å². The molecule has 0 amide bonds. The van der Waals surface area contributed by atoms with E-state index in [1.165, 1.54) is 28.6 Å².